The molecular weight excluding hydrogens is 379 g/mol. The number of amides is 1. The smallest absolute Gasteiger partial charge is 0.224 e. The third-order valence-corrected chi connectivity index (χ3v) is 4.71. The van der Waals surface area contributed by atoms with Crippen molar-refractivity contribution in [2.45, 2.75) is 25.9 Å². The quantitative estimate of drug-likeness (QED) is 0.292. The van der Waals surface area contributed by atoms with Crippen LogP contribution in [0.1, 0.15) is 25.0 Å². The van der Waals surface area contributed by atoms with Gasteiger partial charge in [0.25, 0.3) is 0 Å². The second kappa shape index (κ2) is 10.8. The lowest BCUT2D eigenvalue weighted by Crippen LogP contribution is -2.42. The molecule has 0 aliphatic rings. The van der Waals surface area contributed by atoms with Crippen LogP contribution in [0.3, 0.4) is 0 Å². The second-order valence-corrected chi connectivity index (χ2v) is 7.34. The molecule has 4 N–H and O–H groups in total. The van der Waals surface area contributed by atoms with Crippen LogP contribution in [0.5, 0.6) is 0 Å². The van der Waals surface area contributed by atoms with Gasteiger partial charge in [-0.2, -0.15) is 11.3 Å². The van der Waals surface area contributed by atoms with Gasteiger partial charge in [0, 0.05) is 19.6 Å². The highest BCUT2D eigenvalue weighted by atomic mass is 32.1. The van der Waals surface area contributed by atoms with E-state index in [0.717, 1.165) is 5.56 Å². The Morgan fingerprint density at radius 2 is 2.04 bits per heavy atom. The van der Waals surface area contributed by atoms with Crippen molar-refractivity contribution in [3.8, 4) is 0 Å². The largest absolute Gasteiger partial charge is 0.383 e. The summed E-state index contributed by atoms with van der Waals surface area (Å²) in [5, 5.41) is 23.4. The molecule has 1 aromatic carbocycles. The molecule has 0 spiro atoms. The van der Waals surface area contributed by atoms with Crippen LogP contribution in [0.25, 0.3) is 0 Å². The molecule has 1 amide bonds. The average molecular weight is 407 g/mol. The number of carbonyl (C=O) groups excluding carboxylic acids is 1. The van der Waals surface area contributed by atoms with Crippen LogP contribution in [0.15, 0.2) is 46.1 Å². The number of rotatable bonds is 9. The van der Waals surface area contributed by atoms with Crippen molar-refractivity contribution < 1.29 is 14.3 Å². The standard InChI is InChI=1S/C20H27FN4O2S/c1-3-22-19(25-14-20(2,27)16-7-10-28-13-16)24-9-8-23-18(26)12-15-5-4-6-17(21)11-15/h4-7,10-11,13,27H,3,8-9,12,14H2,1-2H3,(H,23,26)(H2,22,24,25). The van der Waals surface area contributed by atoms with Crippen LogP contribution in [0.2, 0.25) is 0 Å². The molecule has 0 saturated carbocycles. The molecule has 0 saturated heterocycles. The molecule has 0 bridgehead atoms. The first kappa shape index (κ1) is 21.8. The summed E-state index contributed by atoms with van der Waals surface area (Å²) in [4.78, 5) is 16.4. The monoisotopic (exact) mass is 406 g/mol. The van der Waals surface area contributed by atoms with Crippen LogP contribution >= 0.6 is 11.3 Å². The van der Waals surface area contributed by atoms with Gasteiger partial charge in [-0.3, -0.25) is 4.79 Å². The first-order valence-electron chi connectivity index (χ1n) is 9.19. The Kier molecular flexibility index (Phi) is 8.41. The molecule has 8 heteroatoms. The van der Waals surface area contributed by atoms with Crippen molar-refractivity contribution in [3.05, 3.63) is 58.0 Å². The molecule has 2 rings (SSSR count). The zero-order valence-corrected chi connectivity index (χ0v) is 17.0. The van der Waals surface area contributed by atoms with Crippen molar-refractivity contribution >= 4 is 23.2 Å². The van der Waals surface area contributed by atoms with E-state index >= 15 is 0 Å². The second-order valence-electron chi connectivity index (χ2n) is 6.56. The molecule has 0 fully saturated rings. The Morgan fingerprint density at radius 3 is 2.71 bits per heavy atom. The SMILES string of the molecule is CCNC(=NCC(C)(O)c1ccsc1)NCCNC(=O)Cc1cccc(F)c1. The van der Waals surface area contributed by atoms with Gasteiger partial charge in [-0.1, -0.05) is 12.1 Å². The van der Waals surface area contributed by atoms with Crippen molar-refractivity contribution in [2.75, 3.05) is 26.2 Å². The summed E-state index contributed by atoms with van der Waals surface area (Å²) >= 11 is 1.53. The summed E-state index contributed by atoms with van der Waals surface area (Å²) in [6, 6.07) is 7.89. The Hall–Kier alpha value is -2.45. The van der Waals surface area contributed by atoms with E-state index in [1.165, 1.54) is 23.5 Å². The number of thiophene rings is 1. The number of aliphatic hydroxyl groups is 1. The average Bonchev–Trinajstić information content (AvgIpc) is 3.19. The van der Waals surface area contributed by atoms with E-state index in [2.05, 4.69) is 20.9 Å². The minimum atomic E-state index is -1.04. The van der Waals surface area contributed by atoms with Crippen molar-refractivity contribution in [1.82, 2.24) is 16.0 Å². The zero-order chi connectivity index (χ0) is 20.4. The minimum absolute atomic E-state index is 0.134. The molecule has 0 radical (unpaired) electrons. The lowest BCUT2D eigenvalue weighted by molar-refractivity contribution is -0.120. The van der Waals surface area contributed by atoms with Gasteiger partial charge in [0.2, 0.25) is 5.91 Å². The van der Waals surface area contributed by atoms with Gasteiger partial charge in [0.05, 0.1) is 13.0 Å². The highest BCUT2D eigenvalue weighted by molar-refractivity contribution is 7.08. The minimum Gasteiger partial charge on any atom is -0.383 e. The molecule has 0 aliphatic heterocycles. The molecule has 6 nitrogen and oxygen atoms in total. The third-order valence-electron chi connectivity index (χ3n) is 4.03. The van der Waals surface area contributed by atoms with Crippen LogP contribution < -0.4 is 16.0 Å². The highest BCUT2D eigenvalue weighted by Gasteiger charge is 2.23. The fourth-order valence-corrected chi connectivity index (χ4v) is 3.30. The van der Waals surface area contributed by atoms with Gasteiger partial charge < -0.3 is 21.1 Å². The number of guanidine groups is 1. The molecule has 28 heavy (non-hydrogen) atoms. The van der Waals surface area contributed by atoms with Crippen molar-refractivity contribution in [3.63, 3.8) is 0 Å². The first-order valence-corrected chi connectivity index (χ1v) is 10.1. The van der Waals surface area contributed by atoms with E-state index in [4.69, 9.17) is 0 Å². The first-order chi connectivity index (χ1) is 13.4. The molecule has 0 aliphatic carbocycles. The number of benzene rings is 1. The lowest BCUT2D eigenvalue weighted by Gasteiger charge is -2.21. The maximum atomic E-state index is 13.2. The Labute approximate surface area is 168 Å². The van der Waals surface area contributed by atoms with Crippen molar-refractivity contribution in [2.24, 2.45) is 4.99 Å². The van der Waals surface area contributed by atoms with E-state index < -0.39 is 5.60 Å². The molecule has 1 heterocycles. The molecule has 1 atom stereocenters. The topological polar surface area (TPSA) is 85.8 Å². The molecule has 1 aromatic heterocycles. The fraction of sp³-hybridized carbons (Fsp3) is 0.400. The summed E-state index contributed by atoms with van der Waals surface area (Å²) in [5.41, 5.74) is 0.430. The fourth-order valence-electron chi connectivity index (χ4n) is 2.51. The van der Waals surface area contributed by atoms with Gasteiger partial charge in [-0.25, -0.2) is 9.38 Å². The van der Waals surface area contributed by atoms with Gasteiger partial charge in [-0.05, 0) is 53.9 Å². The number of hydrogen-bond donors (Lipinski definition) is 4. The van der Waals surface area contributed by atoms with Gasteiger partial charge in [0.15, 0.2) is 5.96 Å². The molecular formula is C20H27FN4O2S. The number of halogens is 1. The number of nitrogens with one attached hydrogen (secondary N) is 3. The molecule has 152 valence electrons. The summed E-state index contributed by atoms with van der Waals surface area (Å²) in [5.74, 6) is 0.0453. The number of hydrogen-bond acceptors (Lipinski definition) is 4. The summed E-state index contributed by atoms with van der Waals surface area (Å²) in [6.45, 7) is 5.45. The Morgan fingerprint density at radius 1 is 1.25 bits per heavy atom. The third kappa shape index (κ3) is 7.28. The molecule has 1 unspecified atom stereocenters. The highest BCUT2D eigenvalue weighted by Crippen LogP contribution is 2.23. The van der Waals surface area contributed by atoms with Crippen molar-refractivity contribution in [1.29, 1.82) is 0 Å². The number of aliphatic imine (C=N–C) groups is 1. The van der Waals surface area contributed by atoms with E-state index in [1.54, 1.807) is 19.1 Å². The van der Waals surface area contributed by atoms with E-state index in [-0.39, 0.29) is 24.7 Å². The molecule has 2 aromatic rings. The predicted molar refractivity (Wildman–Crippen MR) is 111 cm³/mol. The number of carbonyl (C=O) groups is 1. The van der Waals surface area contributed by atoms with Crippen LogP contribution in [0, 0.1) is 5.82 Å². The van der Waals surface area contributed by atoms with Crippen LogP contribution in [-0.4, -0.2) is 43.2 Å². The van der Waals surface area contributed by atoms with E-state index in [0.29, 0.717) is 31.2 Å². The Bertz CT molecular complexity index is 778. The number of nitrogens with zero attached hydrogens (tertiary/aromatic N) is 1. The summed E-state index contributed by atoms with van der Waals surface area (Å²) < 4.78 is 13.2. The van der Waals surface area contributed by atoms with Gasteiger partial charge in [0.1, 0.15) is 11.4 Å². The van der Waals surface area contributed by atoms with Crippen LogP contribution in [0.4, 0.5) is 4.39 Å². The normalized spacial score (nSPS) is 13.6. The van der Waals surface area contributed by atoms with Gasteiger partial charge >= 0.3 is 0 Å². The van der Waals surface area contributed by atoms with E-state index in [1.807, 2.05) is 23.8 Å². The lowest BCUT2D eigenvalue weighted by atomic mass is 10.00. The zero-order valence-electron chi connectivity index (χ0n) is 16.2. The predicted octanol–water partition coefficient (Wildman–Crippen LogP) is 2.01. The maximum absolute atomic E-state index is 13.2. The van der Waals surface area contributed by atoms with E-state index in [9.17, 15) is 14.3 Å². The summed E-state index contributed by atoms with van der Waals surface area (Å²) in [6.07, 6.45) is 0.134. The maximum Gasteiger partial charge on any atom is 0.224 e. The van der Waals surface area contributed by atoms with Gasteiger partial charge in [-0.15, -0.1) is 0 Å². The Balaban J connectivity index is 1.77. The van der Waals surface area contributed by atoms with Crippen LogP contribution in [-0.2, 0) is 16.8 Å². The summed E-state index contributed by atoms with van der Waals surface area (Å²) in [7, 11) is 0.